The van der Waals surface area contributed by atoms with E-state index in [0.29, 0.717) is 12.1 Å². The van der Waals surface area contributed by atoms with Crippen molar-refractivity contribution in [1.82, 2.24) is 9.88 Å². The number of aryl methyl sites for hydroxylation is 1. The van der Waals surface area contributed by atoms with Crippen LogP contribution in [0.15, 0.2) is 12.1 Å². The topological polar surface area (TPSA) is 65.5 Å². The number of pyridine rings is 1. The van der Waals surface area contributed by atoms with Crippen molar-refractivity contribution in [2.24, 2.45) is 0 Å². The molecule has 0 fully saturated rings. The molecule has 0 spiro atoms. The molecule has 0 radical (unpaired) electrons. The highest BCUT2D eigenvalue weighted by molar-refractivity contribution is 5.94. The first-order valence-electron chi connectivity index (χ1n) is 6.23. The maximum absolute atomic E-state index is 12.1. The molecule has 0 saturated carbocycles. The van der Waals surface area contributed by atoms with Gasteiger partial charge in [0.2, 0.25) is 0 Å². The lowest BCUT2D eigenvalue weighted by Gasteiger charge is -2.16. The Bertz CT molecular complexity index is 407. The molecule has 0 aliphatic heterocycles. The largest absolute Gasteiger partial charge is 0.395 e. The van der Waals surface area contributed by atoms with Gasteiger partial charge in [-0.05, 0) is 25.5 Å². The van der Waals surface area contributed by atoms with Crippen LogP contribution in [-0.2, 0) is 6.42 Å². The molecule has 18 heavy (non-hydrogen) atoms. The van der Waals surface area contributed by atoms with Crippen LogP contribution in [0.5, 0.6) is 0 Å². The number of nitrogens with one attached hydrogen (secondary N) is 1. The second kappa shape index (κ2) is 6.96. The molecule has 0 atom stereocenters. The molecule has 1 heterocycles. The lowest BCUT2D eigenvalue weighted by atomic mass is 10.1. The van der Waals surface area contributed by atoms with E-state index in [-0.39, 0.29) is 12.5 Å². The highest BCUT2D eigenvalue weighted by atomic mass is 16.3. The third-order valence-corrected chi connectivity index (χ3v) is 2.63. The number of carbonyl (C=O) groups excluding carboxylic acids is 1. The van der Waals surface area contributed by atoms with Gasteiger partial charge in [0.15, 0.2) is 0 Å². The van der Waals surface area contributed by atoms with Crippen LogP contribution in [0, 0.1) is 0 Å². The number of hydrogen-bond acceptors (Lipinski definition) is 4. The van der Waals surface area contributed by atoms with Crippen LogP contribution in [0.4, 0.5) is 5.82 Å². The molecule has 0 bridgehead atoms. The summed E-state index contributed by atoms with van der Waals surface area (Å²) in [5.74, 6) is 0.623. The molecule has 100 valence electrons. The summed E-state index contributed by atoms with van der Waals surface area (Å²) in [5, 5.41) is 12.0. The Morgan fingerprint density at radius 1 is 1.44 bits per heavy atom. The van der Waals surface area contributed by atoms with E-state index >= 15 is 0 Å². The number of likely N-dealkylation sites (N-methyl/N-ethyl adjacent to an activating group) is 1. The first-order chi connectivity index (χ1) is 8.62. The molecular weight excluding hydrogens is 230 g/mol. The van der Waals surface area contributed by atoms with E-state index in [1.807, 2.05) is 13.8 Å². The molecule has 5 heteroatoms. The summed E-state index contributed by atoms with van der Waals surface area (Å²) >= 11 is 0. The third kappa shape index (κ3) is 3.70. The van der Waals surface area contributed by atoms with Crippen molar-refractivity contribution in [3.8, 4) is 0 Å². The molecule has 0 saturated heterocycles. The van der Waals surface area contributed by atoms with Crippen molar-refractivity contribution >= 4 is 11.7 Å². The molecule has 0 aliphatic carbocycles. The predicted molar refractivity (Wildman–Crippen MR) is 71.8 cm³/mol. The van der Waals surface area contributed by atoms with Crippen LogP contribution in [-0.4, -0.2) is 47.6 Å². The molecule has 1 amide bonds. The highest BCUT2D eigenvalue weighted by Crippen LogP contribution is 2.13. The van der Waals surface area contributed by atoms with Crippen molar-refractivity contribution in [2.45, 2.75) is 20.3 Å². The molecule has 0 unspecified atom stereocenters. The van der Waals surface area contributed by atoms with Crippen molar-refractivity contribution in [2.75, 3.05) is 32.1 Å². The molecule has 1 rings (SSSR count). The van der Waals surface area contributed by atoms with Crippen molar-refractivity contribution in [3.05, 3.63) is 23.4 Å². The van der Waals surface area contributed by atoms with Gasteiger partial charge in [-0.1, -0.05) is 6.92 Å². The SMILES string of the molecule is CCNc1cc(C(=O)N(C)CCO)cc(CC)n1. The second-order valence-electron chi connectivity index (χ2n) is 4.07. The van der Waals surface area contributed by atoms with Crippen molar-refractivity contribution < 1.29 is 9.90 Å². The Labute approximate surface area is 108 Å². The minimum atomic E-state index is -0.0969. The fourth-order valence-corrected chi connectivity index (χ4v) is 1.64. The quantitative estimate of drug-likeness (QED) is 0.795. The zero-order valence-electron chi connectivity index (χ0n) is 11.2. The average Bonchev–Trinajstić information content (AvgIpc) is 2.38. The summed E-state index contributed by atoms with van der Waals surface area (Å²) in [5.41, 5.74) is 1.49. The number of hydrogen-bond donors (Lipinski definition) is 2. The van der Waals surface area contributed by atoms with Gasteiger partial charge in [0.1, 0.15) is 5.82 Å². The zero-order chi connectivity index (χ0) is 13.5. The Morgan fingerprint density at radius 2 is 2.17 bits per heavy atom. The normalized spacial score (nSPS) is 10.2. The van der Waals surface area contributed by atoms with Crippen LogP contribution >= 0.6 is 0 Å². The van der Waals surface area contributed by atoms with E-state index in [1.54, 1.807) is 19.2 Å². The van der Waals surface area contributed by atoms with Crippen molar-refractivity contribution in [1.29, 1.82) is 0 Å². The first kappa shape index (κ1) is 14.4. The van der Waals surface area contributed by atoms with E-state index in [1.165, 1.54) is 4.90 Å². The minimum absolute atomic E-state index is 0.0337. The molecule has 1 aromatic heterocycles. The van der Waals surface area contributed by atoms with Gasteiger partial charge in [-0.25, -0.2) is 4.98 Å². The van der Waals surface area contributed by atoms with Crippen LogP contribution < -0.4 is 5.32 Å². The Balaban J connectivity index is 2.99. The Hall–Kier alpha value is -1.62. The summed E-state index contributed by atoms with van der Waals surface area (Å²) in [4.78, 5) is 18.0. The van der Waals surface area contributed by atoms with E-state index in [2.05, 4.69) is 10.3 Å². The molecule has 5 nitrogen and oxygen atoms in total. The van der Waals surface area contributed by atoms with E-state index in [9.17, 15) is 4.79 Å². The van der Waals surface area contributed by atoms with Gasteiger partial charge in [-0.3, -0.25) is 4.79 Å². The number of aromatic nitrogens is 1. The summed E-state index contributed by atoms with van der Waals surface area (Å²) in [6, 6.07) is 3.55. The van der Waals surface area contributed by atoms with Crippen LogP contribution in [0.25, 0.3) is 0 Å². The van der Waals surface area contributed by atoms with E-state index in [0.717, 1.165) is 24.5 Å². The lowest BCUT2D eigenvalue weighted by molar-refractivity contribution is 0.0767. The standard InChI is InChI=1S/C13H21N3O2/c1-4-11-8-10(9-12(15-11)14-5-2)13(18)16(3)6-7-17/h8-9,17H,4-7H2,1-3H3,(H,14,15). The molecular formula is C13H21N3O2. The number of aliphatic hydroxyl groups is 1. The van der Waals surface area contributed by atoms with Crippen LogP contribution in [0.2, 0.25) is 0 Å². The Kier molecular flexibility index (Phi) is 5.58. The Morgan fingerprint density at radius 3 is 2.72 bits per heavy atom. The maximum atomic E-state index is 12.1. The lowest BCUT2D eigenvalue weighted by Crippen LogP contribution is -2.29. The van der Waals surface area contributed by atoms with Gasteiger partial charge in [0, 0.05) is 31.4 Å². The van der Waals surface area contributed by atoms with E-state index in [4.69, 9.17) is 5.11 Å². The number of rotatable bonds is 6. The predicted octanol–water partition coefficient (Wildman–Crippen LogP) is 1.14. The summed E-state index contributed by atoms with van der Waals surface area (Å²) in [6.07, 6.45) is 0.781. The molecule has 2 N–H and O–H groups in total. The highest BCUT2D eigenvalue weighted by Gasteiger charge is 2.13. The van der Waals surface area contributed by atoms with Gasteiger partial charge in [-0.2, -0.15) is 0 Å². The van der Waals surface area contributed by atoms with Crippen LogP contribution in [0.1, 0.15) is 29.9 Å². The number of aliphatic hydroxyl groups excluding tert-OH is 1. The summed E-state index contributed by atoms with van der Waals surface area (Å²) < 4.78 is 0. The smallest absolute Gasteiger partial charge is 0.253 e. The third-order valence-electron chi connectivity index (χ3n) is 2.63. The fraction of sp³-hybridized carbons (Fsp3) is 0.538. The average molecular weight is 251 g/mol. The number of anilines is 1. The zero-order valence-corrected chi connectivity index (χ0v) is 11.2. The summed E-state index contributed by atoms with van der Waals surface area (Å²) in [7, 11) is 1.68. The minimum Gasteiger partial charge on any atom is -0.395 e. The molecule has 0 aliphatic rings. The molecule has 1 aromatic rings. The summed E-state index contributed by atoms with van der Waals surface area (Å²) in [6.45, 7) is 5.05. The van der Waals surface area contributed by atoms with E-state index < -0.39 is 0 Å². The maximum Gasteiger partial charge on any atom is 0.253 e. The van der Waals surface area contributed by atoms with Crippen LogP contribution in [0.3, 0.4) is 0 Å². The number of nitrogens with zero attached hydrogens (tertiary/aromatic N) is 2. The fourth-order valence-electron chi connectivity index (χ4n) is 1.64. The monoisotopic (exact) mass is 251 g/mol. The molecule has 0 aromatic carbocycles. The second-order valence-corrected chi connectivity index (χ2v) is 4.07. The van der Waals surface area contributed by atoms with Gasteiger partial charge in [-0.15, -0.1) is 0 Å². The van der Waals surface area contributed by atoms with Gasteiger partial charge >= 0.3 is 0 Å². The number of amides is 1. The number of carbonyl (C=O) groups is 1. The first-order valence-corrected chi connectivity index (χ1v) is 6.23. The van der Waals surface area contributed by atoms with Gasteiger partial charge in [0.05, 0.1) is 6.61 Å². The van der Waals surface area contributed by atoms with Gasteiger partial charge < -0.3 is 15.3 Å². The van der Waals surface area contributed by atoms with Gasteiger partial charge in [0.25, 0.3) is 5.91 Å². The van der Waals surface area contributed by atoms with Crippen molar-refractivity contribution in [3.63, 3.8) is 0 Å².